The Morgan fingerprint density at radius 3 is 2.73 bits per heavy atom. The van der Waals surface area contributed by atoms with Crippen molar-refractivity contribution in [1.29, 1.82) is 0 Å². The van der Waals surface area contributed by atoms with Crippen LogP contribution in [0.4, 0.5) is 4.39 Å². The number of hydrogen-bond acceptors (Lipinski definition) is 3. The molecule has 0 aromatic heterocycles. The average Bonchev–Trinajstić information content (AvgIpc) is 2.61. The van der Waals surface area contributed by atoms with Gasteiger partial charge in [0, 0.05) is 13.1 Å². The normalized spacial score (nSPS) is 12.5. The summed E-state index contributed by atoms with van der Waals surface area (Å²) in [5.41, 5.74) is 1.83. The highest BCUT2D eigenvalue weighted by atomic mass is 19.1. The van der Waals surface area contributed by atoms with Crippen LogP contribution in [0.5, 0.6) is 11.5 Å². The van der Waals surface area contributed by atoms with Crippen LogP contribution in [0.2, 0.25) is 0 Å². The van der Waals surface area contributed by atoms with Gasteiger partial charge >= 0.3 is 0 Å². The first-order chi connectivity index (χ1) is 12.5. The molecule has 0 bridgehead atoms. The quantitative estimate of drug-likeness (QED) is 0.524. The zero-order valence-corrected chi connectivity index (χ0v) is 15.4. The highest BCUT2D eigenvalue weighted by Gasteiger charge is 2.11. The number of aromatic hydroxyl groups is 1. The predicted octanol–water partition coefficient (Wildman–Crippen LogP) is 3.40. The topological polar surface area (TPSA) is 65.9 Å². The van der Waals surface area contributed by atoms with Gasteiger partial charge in [0.25, 0.3) is 0 Å². The summed E-state index contributed by atoms with van der Waals surface area (Å²) in [5, 5.41) is 16.0. The summed E-state index contributed by atoms with van der Waals surface area (Å²) in [5.74, 6) is 0.764. The number of ether oxygens (including phenoxy) is 1. The van der Waals surface area contributed by atoms with Gasteiger partial charge in [0.2, 0.25) is 0 Å². The second-order valence-electron chi connectivity index (χ2n) is 5.94. The van der Waals surface area contributed by atoms with E-state index < -0.39 is 0 Å². The lowest BCUT2D eigenvalue weighted by Crippen LogP contribution is -2.38. The first-order valence-corrected chi connectivity index (χ1v) is 8.69. The van der Waals surface area contributed by atoms with E-state index in [1.165, 1.54) is 13.2 Å². The summed E-state index contributed by atoms with van der Waals surface area (Å²) in [6.45, 7) is 5.23. The lowest BCUT2D eigenvalue weighted by Gasteiger charge is -2.18. The lowest BCUT2D eigenvalue weighted by molar-refractivity contribution is 0.386. The fourth-order valence-corrected chi connectivity index (χ4v) is 2.57. The van der Waals surface area contributed by atoms with E-state index in [1.54, 1.807) is 18.2 Å². The second kappa shape index (κ2) is 9.65. The van der Waals surface area contributed by atoms with E-state index in [2.05, 4.69) is 15.6 Å². The van der Waals surface area contributed by atoms with Crippen LogP contribution in [-0.2, 0) is 6.42 Å². The van der Waals surface area contributed by atoms with Crippen LogP contribution in [0.15, 0.2) is 47.5 Å². The maximum Gasteiger partial charge on any atom is 0.191 e. The van der Waals surface area contributed by atoms with Gasteiger partial charge in [-0.1, -0.05) is 18.2 Å². The van der Waals surface area contributed by atoms with E-state index >= 15 is 0 Å². The number of rotatable bonds is 7. The third-order valence-corrected chi connectivity index (χ3v) is 3.95. The summed E-state index contributed by atoms with van der Waals surface area (Å²) in [4.78, 5) is 4.55. The Morgan fingerprint density at radius 1 is 1.27 bits per heavy atom. The number of guanidine groups is 1. The summed E-state index contributed by atoms with van der Waals surface area (Å²) in [7, 11) is 1.45. The number of aliphatic imine (C=N–C) groups is 1. The van der Waals surface area contributed by atoms with E-state index in [-0.39, 0.29) is 23.4 Å². The van der Waals surface area contributed by atoms with Crippen LogP contribution in [0.1, 0.15) is 31.0 Å². The van der Waals surface area contributed by atoms with Gasteiger partial charge in [0.15, 0.2) is 17.5 Å². The molecule has 0 saturated heterocycles. The van der Waals surface area contributed by atoms with Gasteiger partial charge in [0.1, 0.15) is 5.75 Å². The molecule has 0 fully saturated rings. The molecule has 6 heteroatoms. The van der Waals surface area contributed by atoms with Crippen LogP contribution in [0, 0.1) is 5.82 Å². The number of phenols is 1. The van der Waals surface area contributed by atoms with Crippen molar-refractivity contribution in [2.75, 3.05) is 20.2 Å². The van der Waals surface area contributed by atoms with E-state index in [0.717, 1.165) is 24.1 Å². The molecule has 0 radical (unpaired) electrons. The standard InChI is InChI=1S/C20H26FN3O2/c1-4-22-20(23-11-10-15-6-5-7-17(25)12-15)24-14(2)16-8-9-19(26-3)18(21)13-16/h5-9,12-14,25H,4,10-11H2,1-3H3,(H2,22,23,24). The monoisotopic (exact) mass is 359 g/mol. The molecule has 2 aromatic rings. The maximum absolute atomic E-state index is 13.9. The van der Waals surface area contributed by atoms with Crippen molar-refractivity contribution in [3.05, 3.63) is 59.4 Å². The highest BCUT2D eigenvalue weighted by Crippen LogP contribution is 2.21. The van der Waals surface area contributed by atoms with Crippen LogP contribution >= 0.6 is 0 Å². The van der Waals surface area contributed by atoms with Crippen molar-refractivity contribution in [2.45, 2.75) is 26.3 Å². The molecule has 0 aliphatic heterocycles. The van der Waals surface area contributed by atoms with Crippen LogP contribution in [0.3, 0.4) is 0 Å². The zero-order chi connectivity index (χ0) is 18.9. The largest absolute Gasteiger partial charge is 0.508 e. The van der Waals surface area contributed by atoms with E-state index in [4.69, 9.17) is 4.74 Å². The van der Waals surface area contributed by atoms with Crippen molar-refractivity contribution in [3.8, 4) is 11.5 Å². The Kier molecular flexibility index (Phi) is 7.26. The molecule has 5 nitrogen and oxygen atoms in total. The minimum atomic E-state index is -0.385. The summed E-state index contributed by atoms with van der Waals surface area (Å²) in [6.07, 6.45) is 0.719. The molecule has 1 atom stereocenters. The molecule has 3 N–H and O–H groups in total. The molecule has 0 amide bonds. The highest BCUT2D eigenvalue weighted by molar-refractivity contribution is 5.80. The van der Waals surface area contributed by atoms with Gasteiger partial charge in [-0.05, 0) is 55.7 Å². The second-order valence-corrected chi connectivity index (χ2v) is 5.94. The average molecular weight is 359 g/mol. The minimum absolute atomic E-state index is 0.117. The van der Waals surface area contributed by atoms with Crippen molar-refractivity contribution < 1.29 is 14.2 Å². The third kappa shape index (κ3) is 5.65. The van der Waals surface area contributed by atoms with Gasteiger partial charge in [-0.25, -0.2) is 4.39 Å². The Hall–Kier alpha value is -2.76. The molecule has 0 saturated carbocycles. The van der Waals surface area contributed by atoms with Crippen molar-refractivity contribution >= 4 is 5.96 Å². The molecule has 1 unspecified atom stereocenters. The molecule has 0 heterocycles. The molecular weight excluding hydrogens is 333 g/mol. The smallest absolute Gasteiger partial charge is 0.191 e. The molecule has 0 spiro atoms. The maximum atomic E-state index is 13.9. The van der Waals surface area contributed by atoms with Crippen LogP contribution in [-0.4, -0.2) is 31.3 Å². The number of halogens is 1. The van der Waals surface area contributed by atoms with E-state index in [9.17, 15) is 9.50 Å². The number of phenolic OH excluding ortho intramolecular Hbond substituents is 1. The Balaban J connectivity index is 2.00. The lowest BCUT2D eigenvalue weighted by atomic mass is 10.1. The van der Waals surface area contributed by atoms with Crippen molar-refractivity contribution in [1.82, 2.24) is 10.6 Å². The van der Waals surface area contributed by atoms with E-state index in [1.807, 2.05) is 32.0 Å². The fourth-order valence-electron chi connectivity index (χ4n) is 2.57. The minimum Gasteiger partial charge on any atom is -0.508 e. The number of methoxy groups -OCH3 is 1. The van der Waals surface area contributed by atoms with Crippen molar-refractivity contribution in [3.63, 3.8) is 0 Å². The van der Waals surface area contributed by atoms with Crippen LogP contribution < -0.4 is 15.4 Å². The number of nitrogens with one attached hydrogen (secondary N) is 2. The fraction of sp³-hybridized carbons (Fsp3) is 0.350. The SMILES string of the molecule is CCNC(=NCCc1cccc(O)c1)NC(C)c1ccc(OC)c(F)c1. The van der Waals surface area contributed by atoms with Gasteiger partial charge in [-0.15, -0.1) is 0 Å². The number of hydrogen-bond donors (Lipinski definition) is 3. The molecule has 140 valence electrons. The van der Waals surface area contributed by atoms with Gasteiger partial charge in [-0.2, -0.15) is 0 Å². The molecule has 2 aromatic carbocycles. The predicted molar refractivity (Wildman–Crippen MR) is 102 cm³/mol. The third-order valence-electron chi connectivity index (χ3n) is 3.95. The molecular formula is C20H26FN3O2. The van der Waals surface area contributed by atoms with Crippen molar-refractivity contribution in [2.24, 2.45) is 4.99 Å². The Labute approximate surface area is 153 Å². The first-order valence-electron chi connectivity index (χ1n) is 8.69. The molecule has 0 aliphatic rings. The zero-order valence-electron chi connectivity index (χ0n) is 15.4. The van der Waals surface area contributed by atoms with Crippen LogP contribution in [0.25, 0.3) is 0 Å². The van der Waals surface area contributed by atoms with Gasteiger partial charge < -0.3 is 20.5 Å². The molecule has 26 heavy (non-hydrogen) atoms. The van der Waals surface area contributed by atoms with E-state index in [0.29, 0.717) is 12.5 Å². The summed E-state index contributed by atoms with van der Waals surface area (Å²) < 4.78 is 18.9. The summed E-state index contributed by atoms with van der Waals surface area (Å²) in [6, 6.07) is 12.0. The molecule has 2 rings (SSSR count). The summed E-state index contributed by atoms with van der Waals surface area (Å²) >= 11 is 0. The Bertz CT molecular complexity index is 750. The first kappa shape index (κ1) is 19.6. The van der Waals surface area contributed by atoms with Gasteiger partial charge in [-0.3, -0.25) is 4.99 Å². The van der Waals surface area contributed by atoms with Gasteiger partial charge in [0.05, 0.1) is 13.2 Å². The molecule has 0 aliphatic carbocycles. The Morgan fingerprint density at radius 2 is 2.08 bits per heavy atom. The number of nitrogens with zero attached hydrogens (tertiary/aromatic N) is 1. The number of benzene rings is 2.